The Kier molecular flexibility index (Phi) is 4.12. The third-order valence-electron chi connectivity index (χ3n) is 3.67. The van der Waals surface area contributed by atoms with Crippen molar-refractivity contribution in [3.05, 3.63) is 71.8 Å². The highest BCUT2D eigenvalue weighted by Gasteiger charge is 2.21. The van der Waals surface area contributed by atoms with Gasteiger partial charge in [0, 0.05) is 29.9 Å². The normalized spacial score (nSPS) is 10.7. The van der Waals surface area contributed by atoms with Gasteiger partial charge in [0.25, 0.3) is 0 Å². The van der Waals surface area contributed by atoms with Gasteiger partial charge in [-0.25, -0.2) is 13.8 Å². The fourth-order valence-electron chi connectivity index (χ4n) is 2.48. The molecule has 6 heteroatoms. The molecule has 0 aliphatic rings. The number of rotatable bonds is 4. The molecule has 2 heterocycles. The first kappa shape index (κ1) is 15.9. The quantitative estimate of drug-likeness (QED) is 0.770. The van der Waals surface area contributed by atoms with E-state index in [1.807, 2.05) is 13.0 Å². The van der Waals surface area contributed by atoms with Gasteiger partial charge in [-0.3, -0.25) is 0 Å². The van der Waals surface area contributed by atoms with Crippen molar-refractivity contribution in [1.29, 1.82) is 0 Å². The van der Waals surface area contributed by atoms with Gasteiger partial charge in [-0.1, -0.05) is 23.9 Å². The second-order valence-corrected chi connectivity index (χ2v) is 5.31. The average Bonchev–Trinajstić information content (AvgIpc) is 3.06. The maximum atomic E-state index is 14.1. The molecule has 0 atom stereocenters. The van der Waals surface area contributed by atoms with Gasteiger partial charge in [-0.15, -0.1) is 0 Å². The van der Waals surface area contributed by atoms with Gasteiger partial charge in [-0.05, 0) is 24.6 Å². The van der Waals surface area contributed by atoms with E-state index in [4.69, 9.17) is 4.52 Å². The summed E-state index contributed by atoms with van der Waals surface area (Å²) in [7, 11) is 1.74. The maximum absolute atomic E-state index is 14.1. The highest BCUT2D eigenvalue weighted by molar-refractivity contribution is 5.88. The highest BCUT2D eigenvalue weighted by atomic mass is 19.2. The fraction of sp³-hybridized carbons (Fsp3) is 0.111. The van der Waals surface area contributed by atoms with E-state index in [0.29, 0.717) is 22.5 Å². The summed E-state index contributed by atoms with van der Waals surface area (Å²) in [4.78, 5) is 4.29. The summed E-state index contributed by atoms with van der Waals surface area (Å²) < 4.78 is 32.9. The monoisotopic (exact) mass is 327 g/mol. The predicted octanol–water partition coefficient (Wildman–Crippen LogP) is 4.43. The molecule has 0 spiro atoms. The van der Waals surface area contributed by atoms with Crippen LogP contribution in [0.15, 0.2) is 47.8 Å². The first-order chi connectivity index (χ1) is 11.5. The number of aromatic nitrogens is 2. The third-order valence-corrected chi connectivity index (χ3v) is 3.67. The molecule has 0 unspecified atom stereocenters. The summed E-state index contributed by atoms with van der Waals surface area (Å²) in [5, 5.41) is 6.71. The first-order valence-corrected chi connectivity index (χ1v) is 7.26. The van der Waals surface area contributed by atoms with Gasteiger partial charge >= 0.3 is 0 Å². The van der Waals surface area contributed by atoms with Crippen LogP contribution in [0.25, 0.3) is 16.7 Å². The molecule has 24 heavy (non-hydrogen) atoms. The number of pyridine rings is 1. The summed E-state index contributed by atoms with van der Waals surface area (Å²) in [5.74, 6) is -1.01. The largest absolute Gasteiger partial charge is 0.373 e. The summed E-state index contributed by atoms with van der Waals surface area (Å²) in [6.45, 7) is 5.93. The number of benzene rings is 1. The summed E-state index contributed by atoms with van der Waals surface area (Å²) >= 11 is 0. The average molecular weight is 327 g/mol. The molecule has 4 nitrogen and oxygen atoms in total. The Morgan fingerprint density at radius 2 is 2.00 bits per heavy atom. The maximum Gasteiger partial charge on any atom is 0.174 e. The van der Waals surface area contributed by atoms with Crippen LogP contribution in [0, 0.1) is 18.6 Å². The minimum Gasteiger partial charge on any atom is -0.373 e. The van der Waals surface area contributed by atoms with Crippen LogP contribution in [0.4, 0.5) is 14.6 Å². The number of anilines is 1. The second-order valence-electron chi connectivity index (χ2n) is 5.31. The number of nitrogens with zero attached hydrogens (tertiary/aromatic N) is 2. The van der Waals surface area contributed by atoms with Crippen LogP contribution in [-0.2, 0) is 0 Å². The Labute approximate surface area is 137 Å². The van der Waals surface area contributed by atoms with Crippen molar-refractivity contribution < 1.29 is 13.3 Å². The van der Waals surface area contributed by atoms with Crippen molar-refractivity contribution in [2.75, 3.05) is 12.4 Å². The third kappa shape index (κ3) is 2.67. The van der Waals surface area contributed by atoms with Crippen LogP contribution < -0.4 is 5.32 Å². The van der Waals surface area contributed by atoms with E-state index in [2.05, 4.69) is 22.0 Å². The van der Waals surface area contributed by atoms with Crippen molar-refractivity contribution in [1.82, 2.24) is 10.1 Å². The zero-order valence-corrected chi connectivity index (χ0v) is 13.2. The minimum atomic E-state index is -0.953. The van der Waals surface area contributed by atoms with Crippen molar-refractivity contribution in [3.8, 4) is 11.1 Å². The van der Waals surface area contributed by atoms with Crippen LogP contribution in [0.5, 0.6) is 0 Å². The van der Waals surface area contributed by atoms with Crippen LogP contribution in [0.3, 0.4) is 0 Å². The smallest absolute Gasteiger partial charge is 0.174 e. The summed E-state index contributed by atoms with van der Waals surface area (Å²) in [5.41, 5.74) is 2.52. The lowest BCUT2D eigenvalue weighted by atomic mass is 9.98. The standard InChI is InChI=1S/C18H15F2N3O/c1-10-7-13(18(21-3)22-8-10)11(2)17-14(9-23-24-17)12-5-4-6-15(19)16(12)20/h4-9H,2H2,1,3H3,(H,21,22). The van der Waals surface area contributed by atoms with E-state index in [0.717, 1.165) is 11.6 Å². The zero-order chi connectivity index (χ0) is 17.3. The lowest BCUT2D eigenvalue weighted by molar-refractivity contribution is 0.411. The summed E-state index contributed by atoms with van der Waals surface area (Å²) in [6.07, 6.45) is 3.07. The van der Waals surface area contributed by atoms with E-state index in [1.165, 1.54) is 18.3 Å². The number of aryl methyl sites for hydroxylation is 1. The van der Waals surface area contributed by atoms with Gasteiger partial charge in [0.05, 0.1) is 11.8 Å². The van der Waals surface area contributed by atoms with Crippen molar-refractivity contribution in [3.63, 3.8) is 0 Å². The molecule has 0 aliphatic heterocycles. The molecule has 0 saturated carbocycles. The van der Waals surface area contributed by atoms with Crippen molar-refractivity contribution in [2.45, 2.75) is 6.92 Å². The van der Waals surface area contributed by atoms with Crippen molar-refractivity contribution in [2.24, 2.45) is 0 Å². The number of hydrogen-bond acceptors (Lipinski definition) is 4. The number of hydrogen-bond donors (Lipinski definition) is 1. The van der Waals surface area contributed by atoms with Crippen LogP contribution >= 0.6 is 0 Å². The molecule has 2 aromatic heterocycles. The van der Waals surface area contributed by atoms with Gasteiger partial charge in [0.2, 0.25) is 0 Å². The number of nitrogens with one attached hydrogen (secondary N) is 1. The zero-order valence-electron chi connectivity index (χ0n) is 13.2. The Balaban J connectivity index is 2.13. The molecular weight excluding hydrogens is 312 g/mol. The fourth-order valence-corrected chi connectivity index (χ4v) is 2.48. The lowest BCUT2D eigenvalue weighted by Crippen LogP contribution is -2.00. The van der Waals surface area contributed by atoms with Gasteiger partial charge < -0.3 is 9.84 Å². The molecular formula is C18H15F2N3O. The molecule has 0 fully saturated rings. The molecule has 0 bridgehead atoms. The molecule has 3 rings (SSSR count). The second kappa shape index (κ2) is 6.23. The van der Waals surface area contributed by atoms with Crippen LogP contribution in [0.1, 0.15) is 16.9 Å². The Bertz CT molecular complexity index is 918. The molecule has 1 N–H and O–H groups in total. The molecule has 122 valence electrons. The Morgan fingerprint density at radius 3 is 2.75 bits per heavy atom. The minimum absolute atomic E-state index is 0.0685. The van der Waals surface area contributed by atoms with E-state index >= 15 is 0 Å². The SMILES string of the molecule is C=C(c1cc(C)cnc1NC)c1oncc1-c1cccc(F)c1F. The van der Waals surface area contributed by atoms with E-state index in [9.17, 15) is 8.78 Å². The molecule has 0 radical (unpaired) electrons. The molecule has 3 aromatic rings. The molecule has 0 amide bonds. The first-order valence-electron chi connectivity index (χ1n) is 7.26. The molecule has 0 aliphatic carbocycles. The van der Waals surface area contributed by atoms with Gasteiger partial charge in [0.1, 0.15) is 5.82 Å². The van der Waals surface area contributed by atoms with E-state index < -0.39 is 11.6 Å². The molecule has 1 aromatic carbocycles. The highest BCUT2D eigenvalue weighted by Crippen LogP contribution is 2.35. The van der Waals surface area contributed by atoms with Crippen LogP contribution in [0.2, 0.25) is 0 Å². The van der Waals surface area contributed by atoms with Crippen LogP contribution in [-0.4, -0.2) is 17.2 Å². The van der Waals surface area contributed by atoms with E-state index in [-0.39, 0.29) is 11.3 Å². The van der Waals surface area contributed by atoms with Gasteiger partial charge in [-0.2, -0.15) is 0 Å². The predicted molar refractivity (Wildman–Crippen MR) is 88.5 cm³/mol. The number of halogens is 2. The lowest BCUT2D eigenvalue weighted by Gasteiger charge is -2.11. The topological polar surface area (TPSA) is 51.0 Å². The molecule has 0 saturated heterocycles. The summed E-state index contributed by atoms with van der Waals surface area (Å²) in [6, 6.07) is 5.84. The van der Waals surface area contributed by atoms with Gasteiger partial charge in [0.15, 0.2) is 17.4 Å². The Morgan fingerprint density at radius 1 is 1.21 bits per heavy atom. The Hall–Kier alpha value is -3.02. The van der Waals surface area contributed by atoms with E-state index in [1.54, 1.807) is 13.2 Å². The van der Waals surface area contributed by atoms with Crippen molar-refractivity contribution >= 4 is 11.4 Å².